The molecule has 0 radical (unpaired) electrons. The van der Waals surface area contributed by atoms with Crippen LogP contribution in [0.4, 0.5) is 11.4 Å². The summed E-state index contributed by atoms with van der Waals surface area (Å²) in [6, 6.07) is 14.4. The third-order valence-corrected chi connectivity index (χ3v) is 6.10. The number of benzene rings is 2. The van der Waals surface area contributed by atoms with Crippen molar-refractivity contribution < 1.29 is 4.92 Å². The minimum atomic E-state index is -0.469. The first kappa shape index (κ1) is 20.8. The van der Waals surface area contributed by atoms with Gasteiger partial charge in [-0.05, 0) is 30.2 Å². The molecule has 0 aliphatic rings. The van der Waals surface area contributed by atoms with Crippen LogP contribution >= 0.6 is 22.9 Å². The van der Waals surface area contributed by atoms with Crippen molar-refractivity contribution in [3.05, 3.63) is 85.3 Å². The van der Waals surface area contributed by atoms with E-state index in [0.717, 1.165) is 16.0 Å². The van der Waals surface area contributed by atoms with Crippen molar-refractivity contribution in [1.29, 1.82) is 0 Å². The fraction of sp³-hybridized carbons (Fsp3) is 0.0909. The van der Waals surface area contributed by atoms with Gasteiger partial charge in [-0.1, -0.05) is 48.0 Å². The van der Waals surface area contributed by atoms with Crippen molar-refractivity contribution in [3.8, 4) is 11.1 Å². The second-order valence-corrected chi connectivity index (χ2v) is 8.38. The lowest BCUT2D eigenvalue weighted by Crippen LogP contribution is -2.10. The maximum Gasteiger partial charge on any atom is 0.292 e. The summed E-state index contributed by atoms with van der Waals surface area (Å²) in [7, 11) is 1.61. The number of fused-ring (bicyclic) bond motifs is 1. The molecule has 0 bridgehead atoms. The maximum atomic E-state index is 12.9. The summed E-state index contributed by atoms with van der Waals surface area (Å²) in [4.78, 5) is 32.6. The minimum absolute atomic E-state index is 0.0704. The lowest BCUT2D eigenvalue weighted by molar-refractivity contribution is -0.383. The normalized spacial score (nSPS) is 11.6. The highest BCUT2D eigenvalue weighted by molar-refractivity contribution is 7.19. The van der Waals surface area contributed by atoms with Gasteiger partial charge in [0.2, 0.25) is 0 Å². The molecule has 2 aromatic carbocycles. The minimum Gasteiger partial charge on any atom is -0.383 e. The molecule has 0 saturated heterocycles. The van der Waals surface area contributed by atoms with Crippen molar-refractivity contribution >= 4 is 55.6 Å². The summed E-state index contributed by atoms with van der Waals surface area (Å²) in [5, 5.41) is 14.8. The van der Waals surface area contributed by atoms with E-state index in [4.69, 9.17) is 11.6 Å². The summed E-state index contributed by atoms with van der Waals surface area (Å²) < 4.78 is 0. The van der Waals surface area contributed by atoms with Crippen LogP contribution in [0, 0.1) is 17.0 Å². The van der Waals surface area contributed by atoms with Crippen LogP contribution in [0.3, 0.4) is 0 Å². The molecule has 2 aromatic heterocycles. The van der Waals surface area contributed by atoms with E-state index in [1.54, 1.807) is 19.2 Å². The molecule has 7 nitrogen and oxygen atoms in total. The molecule has 0 spiro atoms. The van der Waals surface area contributed by atoms with Crippen LogP contribution in [0.2, 0.25) is 0 Å². The van der Waals surface area contributed by atoms with Gasteiger partial charge in [0, 0.05) is 23.6 Å². The first-order valence-corrected chi connectivity index (χ1v) is 10.5. The van der Waals surface area contributed by atoms with Gasteiger partial charge >= 0.3 is 0 Å². The highest BCUT2D eigenvalue weighted by atomic mass is 35.5. The molecule has 0 unspecified atom stereocenters. The van der Waals surface area contributed by atoms with Gasteiger partial charge in [0.1, 0.15) is 10.5 Å². The highest BCUT2D eigenvalue weighted by Gasteiger charge is 2.18. The Bertz CT molecular complexity index is 1390. The third-order valence-electron chi connectivity index (χ3n) is 4.81. The molecule has 2 heterocycles. The molecule has 156 valence electrons. The molecule has 0 atom stereocenters. The van der Waals surface area contributed by atoms with Gasteiger partial charge in [0.25, 0.3) is 11.2 Å². The molecular formula is C22H17ClN4O3S. The van der Waals surface area contributed by atoms with Crippen LogP contribution in [0.1, 0.15) is 16.3 Å². The molecule has 4 aromatic rings. The smallest absolute Gasteiger partial charge is 0.292 e. The van der Waals surface area contributed by atoms with Crippen LogP contribution in [-0.2, 0) is 0 Å². The van der Waals surface area contributed by atoms with Crippen LogP contribution in [0.5, 0.6) is 0 Å². The van der Waals surface area contributed by atoms with E-state index < -0.39 is 4.92 Å². The van der Waals surface area contributed by atoms with E-state index in [0.29, 0.717) is 21.5 Å². The molecule has 31 heavy (non-hydrogen) atoms. The van der Waals surface area contributed by atoms with Crippen LogP contribution in [0.25, 0.3) is 32.5 Å². The third kappa shape index (κ3) is 3.95. The number of hydrogen-bond acceptors (Lipinski definition) is 6. The summed E-state index contributed by atoms with van der Waals surface area (Å²) in [5.74, 6) is 0.209. The largest absolute Gasteiger partial charge is 0.383 e. The molecule has 0 aliphatic carbocycles. The number of aryl methyl sites for hydroxylation is 1. The number of nitrogens with one attached hydrogen (secondary N) is 2. The molecule has 0 amide bonds. The first-order chi connectivity index (χ1) is 14.9. The van der Waals surface area contributed by atoms with Crippen LogP contribution < -0.4 is 10.9 Å². The van der Waals surface area contributed by atoms with Gasteiger partial charge < -0.3 is 10.3 Å². The monoisotopic (exact) mass is 452 g/mol. The highest BCUT2D eigenvalue weighted by Crippen LogP contribution is 2.36. The van der Waals surface area contributed by atoms with E-state index in [1.807, 2.05) is 37.3 Å². The molecule has 9 heteroatoms. The lowest BCUT2D eigenvalue weighted by Gasteiger charge is -2.04. The van der Waals surface area contributed by atoms with Crippen molar-refractivity contribution in [2.24, 2.45) is 0 Å². The number of thiophene rings is 1. The Kier molecular flexibility index (Phi) is 5.58. The van der Waals surface area contributed by atoms with Gasteiger partial charge in [-0.2, -0.15) is 0 Å². The number of H-pyrrole nitrogens is 1. The topological polar surface area (TPSA) is 101 Å². The lowest BCUT2D eigenvalue weighted by atomic mass is 10.0. The Morgan fingerprint density at radius 3 is 2.68 bits per heavy atom. The summed E-state index contributed by atoms with van der Waals surface area (Å²) in [5.41, 5.74) is 2.37. The predicted molar refractivity (Wildman–Crippen MR) is 127 cm³/mol. The Hall–Kier alpha value is -3.49. The summed E-state index contributed by atoms with van der Waals surface area (Å²) >= 11 is 7.85. The number of aromatic amines is 1. The Balaban J connectivity index is 1.80. The van der Waals surface area contributed by atoms with Gasteiger partial charge in [0.15, 0.2) is 5.82 Å². The number of nitro benzene ring substituents is 1. The number of rotatable bonds is 5. The van der Waals surface area contributed by atoms with E-state index in [9.17, 15) is 14.9 Å². The average molecular weight is 453 g/mol. The van der Waals surface area contributed by atoms with Gasteiger partial charge in [-0.15, -0.1) is 11.3 Å². The van der Waals surface area contributed by atoms with Crippen molar-refractivity contribution in [3.63, 3.8) is 0 Å². The molecule has 4 rings (SSSR count). The summed E-state index contributed by atoms with van der Waals surface area (Å²) in [6.07, 6.45) is 1.54. The Labute approximate surface area is 186 Å². The number of anilines is 1. The van der Waals surface area contributed by atoms with Gasteiger partial charge in [-0.25, -0.2) is 4.98 Å². The number of nitro groups is 1. The van der Waals surface area contributed by atoms with Crippen LogP contribution in [-0.4, -0.2) is 21.9 Å². The fourth-order valence-corrected chi connectivity index (χ4v) is 4.66. The average Bonchev–Trinajstić information content (AvgIpc) is 3.10. The zero-order valence-corrected chi connectivity index (χ0v) is 18.2. The van der Waals surface area contributed by atoms with Gasteiger partial charge in [-0.3, -0.25) is 14.9 Å². The molecule has 2 N–H and O–H groups in total. The quantitative estimate of drug-likeness (QED) is 0.301. The Morgan fingerprint density at radius 2 is 2.00 bits per heavy atom. The number of nitrogens with zero attached hydrogens (tertiary/aromatic N) is 2. The maximum absolute atomic E-state index is 12.9. The van der Waals surface area contributed by atoms with Crippen LogP contribution in [0.15, 0.2) is 53.3 Å². The second-order valence-electron chi connectivity index (χ2n) is 6.77. The molecule has 0 aliphatic heterocycles. The zero-order chi connectivity index (χ0) is 22.1. The number of aromatic nitrogens is 2. The first-order valence-electron chi connectivity index (χ1n) is 9.31. The Morgan fingerprint density at radius 1 is 1.26 bits per heavy atom. The molecule has 0 saturated carbocycles. The van der Waals surface area contributed by atoms with E-state index >= 15 is 0 Å². The van der Waals surface area contributed by atoms with Gasteiger partial charge in [0.05, 0.1) is 15.3 Å². The SMILES string of the molecule is CNc1ccc(/C=C(\Cl)c2nc3sc(C)c(-c4ccccc4)c3c(=O)[nH]2)cc1[N+](=O)[O-]. The van der Waals surface area contributed by atoms with Crippen molar-refractivity contribution in [2.45, 2.75) is 6.92 Å². The van der Waals surface area contributed by atoms with E-state index in [1.165, 1.54) is 23.5 Å². The predicted octanol–water partition coefficient (Wildman–Crippen LogP) is 5.65. The number of hydrogen-bond donors (Lipinski definition) is 2. The second kappa shape index (κ2) is 8.33. The standard InChI is InChI=1S/C22H17ClN4O3S/c1-12-18(14-6-4-3-5-7-14)19-21(28)25-20(26-22(19)31-12)15(23)10-13-8-9-16(24-2)17(11-13)27(29)30/h3-11,24H,1-2H3,(H,25,26,28)/b15-10-. The van der Waals surface area contributed by atoms with E-state index in [2.05, 4.69) is 15.3 Å². The molecule has 0 fully saturated rings. The van der Waals surface area contributed by atoms with Crippen molar-refractivity contribution in [1.82, 2.24) is 9.97 Å². The summed E-state index contributed by atoms with van der Waals surface area (Å²) in [6.45, 7) is 1.95. The van der Waals surface area contributed by atoms with E-state index in [-0.39, 0.29) is 22.1 Å². The number of halogens is 1. The van der Waals surface area contributed by atoms with Crippen molar-refractivity contribution in [2.75, 3.05) is 12.4 Å². The zero-order valence-electron chi connectivity index (χ0n) is 16.6. The molecular weight excluding hydrogens is 436 g/mol. The fourth-order valence-electron chi connectivity index (χ4n) is 3.40.